The molecule has 0 fully saturated rings. The van der Waals surface area contributed by atoms with Crippen LogP contribution in [0.1, 0.15) is 60.8 Å². The van der Waals surface area contributed by atoms with E-state index in [1.54, 1.807) is 4.90 Å². The second-order valence-corrected chi connectivity index (χ2v) is 7.63. The Labute approximate surface area is 137 Å². The molecule has 0 aliphatic carbocycles. The number of unbranched alkanes of at least 4 members (excludes halogenated alkanes) is 1. The summed E-state index contributed by atoms with van der Waals surface area (Å²) in [5.74, 6) is 0. The maximum Gasteiger partial charge on any atom is 0.410 e. The number of nitrogens with zero attached hydrogens (tertiary/aromatic N) is 1. The highest BCUT2D eigenvalue weighted by atomic mass is 19.4. The fourth-order valence-corrected chi connectivity index (χ4v) is 1.91. The van der Waals surface area contributed by atoms with E-state index < -0.39 is 18.2 Å². The van der Waals surface area contributed by atoms with Gasteiger partial charge in [0.1, 0.15) is 5.60 Å². The Morgan fingerprint density at radius 3 is 2.00 bits per heavy atom. The first-order valence-electron chi connectivity index (χ1n) is 8.00. The molecule has 0 radical (unpaired) electrons. The maximum absolute atomic E-state index is 12.2. The van der Waals surface area contributed by atoms with E-state index in [2.05, 4.69) is 5.32 Å². The lowest BCUT2D eigenvalue weighted by atomic mass is 10.1. The van der Waals surface area contributed by atoms with Gasteiger partial charge in [-0.05, 0) is 60.9 Å². The van der Waals surface area contributed by atoms with Gasteiger partial charge in [0.25, 0.3) is 0 Å². The van der Waals surface area contributed by atoms with Crippen LogP contribution in [-0.4, -0.2) is 47.9 Å². The molecule has 0 saturated heterocycles. The summed E-state index contributed by atoms with van der Waals surface area (Å²) in [6.45, 7) is 12.6. The molecule has 0 aromatic rings. The second kappa shape index (κ2) is 8.76. The van der Waals surface area contributed by atoms with E-state index in [0.717, 1.165) is 0 Å². The number of ether oxygens (including phenoxy) is 1. The molecule has 138 valence electrons. The zero-order chi connectivity index (χ0) is 18.3. The van der Waals surface area contributed by atoms with Crippen molar-refractivity contribution < 1.29 is 22.7 Å². The predicted molar refractivity (Wildman–Crippen MR) is 85.5 cm³/mol. The Bertz CT molecular complexity index is 358. The Hall–Kier alpha value is -0.980. The number of carbonyl (C=O) groups excluding carboxylic acids is 1. The molecule has 23 heavy (non-hydrogen) atoms. The summed E-state index contributed by atoms with van der Waals surface area (Å²) < 4.78 is 41.4. The standard InChI is InChI=1S/C16H31F3N2O2/c1-14(2,3)21(13(22)23-15(4,5)6)12-11-20-10-8-7-9-16(17,18)19/h20H,7-12H2,1-6H3. The van der Waals surface area contributed by atoms with E-state index in [1.807, 2.05) is 41.5 Å². The molecule has 4 nitrogen and oxygen atoms in total. The Morgan fingerprint density at radius 1 is 1.00 bits per heavy atom. The minimum Gasteiger partial charge on any atom is -0.444 e. The molecule has 7 heteroatoms. The maximum atomic E-state index is 12.2. The van der Waals surface area contributed by atoms with Gasteiger partial charge in [0.05, 0.1) is 0 Å². The number of nitrogens with one attached hydrogen (secondary N) is 1. The molecular formula is C16H31F3N2O2. The lowest BCUT2D eigenvalue weighted by Gasteiger charge is -2.36. The van der Waals surface area contributed by atoms with Crippen LogP contribution in [0.25, 0.3) is 0 Å². The van der Waals surface area contributed by atoms with Gasteiger partial charge in [-0.25, -0.2) is 4.79 Å². The fourth-order valence-electron chi connectivity index (χ4n) is 1.91. The van der Waals surface area contributed by atoms with Crippen molar-refractivity contribution in [3.63, 3.8) is 0 Å². The number of amides is 1. The van der Waals surface area contributed by atoms with Gasteiger partial charge >= 0.3 is 12.3 Å². The summed E-state index contributed by atoms with van der Waals surface area (Å²) in [5, 5.41) is 3.08. The van der Waals surface area contributed by atoms with E-state index in [9.17, 15) is 18.0 Å². The molecule has 0 aliphatic heterocycles. The number of hydrogen-bond donors (Lipinski definition) is 1. The highest BCUT2D eigenvalue weighted by molar-refractivity contribution is 5.69. The number of rotatable bonds is 7. The molecule has 0 atom stereocenters. The van der Waals surface area contributed by atoms with Gasteiger partial charge in [-0.15, -0.1) is 0 Å². The lowest BCUT2D eigenvalue weighted by molar-refractivity contribution is -0.135. The Morgan fingerprint density at radius 2 is 1.57 bits per heavy atom. The van der Waals surface area contributed by atoms with Gasteiger partial charge in [0.15, 0.2) is 0 Å². The third-order valence-corrected chi connectivity index (χ3v) is 3.00. The zero-order valence-corrected chi connectivity index (χ0v) is 15.1. The summed E-state index contributed by atoms with van der Waals surface area (Å²) in [5.41, 5.74) is -0.952. The first kappa shape index (κ1) is 22.0. The number of halogens is 3. The van der Waals surface area contributed by atoms with E-state index in [4.69, 9.17) is 4.74 Å². The van der Waals surface area contributed by atoms with E-state index in [0.29, 0.717) is 26.1 Å². The first-order chi connectivity index (χ1) is 10.2. The molecule has 0 heterocycles. The molecule has 1 N–H and O–H groups in total. The highest BCUT2D eigenvalue weighted by Crippen LogP contribution is 2.22. The second-order valence-electron chi connectivity index (χ2n) is 7.63. The van der Waals surface area contributed by atoms with Crippen LogP contribution < -0.4 is 5.32 Å². The number of alkyl halides is 3. The van der Waals surface area contributed by atoms with E-state index >= 15 is 0 Å². The van der Waals surface area contributed by atoms with Crippen molar-refractivity contribution in [2.45, 2.75) is 78.1 Å². The van der Waals surface area contributed by atoms with Crippen molar-refractivity contribution >= 4 is 6.09 Å². The molecule has 0 aliphatic rings. The molecule has 0 saturated carbocycles. The molecule has 0 aromatic heterocycles. The van der Waals surface area contributed by atoms with Crippen LogP contribution in [0.4, 0.5) is 18.0 Å². The summed E-state index contributed by atoms with van der Waals surface area (Å²) in [6, 6.07) is 0. The van der Waals surface area contributed by atoms with Gasteiger partial charge in [0.2, 0.25) is 0 Å². The number of hydrogen-bond acceptors (Lipinski definition) is 3. The summed E-state index contributed by atoms with van der Waals surface area (Å²) in [6.07, 6.45) is -4.64. The molecule has 0 bridgehead atoms. The fraction of sp³-hybridized carbons (Fsp3) is 0.938. The average Bonchev–Trinajstić information content (AvgIpc) is 2.26. The molecule has 0 unspecified atom stereocenters. The SMILES string of the molecule is CC(C)(C)OC(=O)N(CCNCCCCC(F)(F)F)C(C)(C)C. The molecule has 0 spiro atoms. The van der Waals surface area contributed by atoms with Gasteiger partial charge in [0, 0.05) is 25.0 Å². The summed E-state index contributed by atoms with van der Waals surface area (Å²) in [4.78, 5) is 13.9. The summed E-state index contributed by atoms with van der Waals surface area (Å²) in [7, 11) is 0. The average molecular weight is 340 g/mol. The molecule has 0 aromatic carbocycles. The van der Waals surface area contributed by atoms with Crippen LogP contribution in [0, 0.1) is 0 Å². The minimum absolute atomic E-state index is 0.117. The van der Waals surface area contributed by atoms with Crippen LogP contribution in [-0.2, 0) is 4.74 Å². The van der Waals surface area contributed by atoms with Gasteiger partial charge < -0.3 is 15.0 Å². The number of carbonyl (C=O) groups is 1. The zero-order valence-electron chi connectivity index (χ0n) is 15.1. The smallest absolute Gasteiger partial charge is 0.410 e. The van der Waals surface area contributed by atoms with Crippen molar-refractivity contribution in [1.29, 1.82) is 0 Å². The van der Waals surface area contributed by atoms with Crippen LogP contribution in [0.3, 0.4) is 0 Å². The first-order valence-corrected chi connectivity index (χ1v) is 8.00. The minimum atomic E-state index is -4.08. The molecule has 1 amide bonds. The van der Waals surface area contributed by atoms with Crippen LogP contribution in [0.5, 0.6) is 0 Å². The topological polar surface area (TPSA) is 41.6 Å². The Kier molecular flexibility index (Phi) is 8.38. The molecular weight excluding hydrogens is 309 g/mol. The van der Waals surface area contributed by atoms with Crippen molar-refractivity contribution in [3.05, 3.63) is 0 Å². The Balaban J connectivity index is 4.16. The van der Waals surface area contributed by atoms with E-state index in [-0.39, 0.29) is 18.1 Å². The van der Waals surface area contributed by atoms with Gasteiger partial charge in [-0.2, -0.15) is 13.2 Å². The summed E-state index contributed by atoms with van der Waals surface area (Å²) >= 11 is 0. The van der Waals surface area contributed by atoms with Crippen LogP contribution in [0.15, 0.2) is 0 Å². The van der Waals surface area contributed by atoms with Crippen LogP contribution in [0.2, 0.25) is 0 Å². The van der Waals surface area contributed by atoms with Crippen LogP contribution >= 0.6 is 0 Å². The molecule has 0 rings (SSSR count). The lowest BCUT2D eigenvalue weighted by Crippen LogP contribution is -2.50. The largest absolute Gasteiger partial charge is 0.444 e. The highest BCUT2D eigenvalue weighted by Gasteiger charge is 2.30. The normalized spacial score (nSPS) is 13.1. The quantitative estimate of drug-likeness (QED) is 0.701. The van der Waals surface area contributed by atoms with Crippen molar-refractivity contribution in [3.8, 4) is 0 Å². The van der Waals surface area contributed by atoms with Gasteiger partial charge in [-0.1, -0.05) is 0 Å². The van der Waals surface area contributed by atoms with Crippen molar-refractivity contribution in [2.75, 3.05) is 19.6 Å². The van der Waals surface area contributed by atoms with Crippen molar-refractivity contribution in [2.24, 2.45) is 0 Å². The van der Waals surface area contributed by atoms with Gasteiger partial charge in [-0.3, -0.25) is 0 Å². The predicted octanol–water partition coefficient (Wildman–Crippen LogP) is 4.34. The van der Waals surface area contributed by atoms with Crippen molar-refractivity contribution in [1.82, 2.24) is 10.2 Å². The van der Waals surface area contributed by atoms with E-state index in [1.165, 1.54) is 0 Å². The monoisotopic (exact) mass is 340 g/mol. The third-order valence-electron chi connectivity index (χ3n) is 3.00. The third kappa shape index (κ3) is 12.1.